The van der Waals surface area contributed by atoms with E-state index in [-0.39, 0.29) is 0 Å². The third kappa shape index (κ3) is 5.57. The average Bonchev–Trinajstić information content (AvgIpc) is 3.93. The van der Waals surface area contributed by atoms with Crippen LogP contribution in [0.4, 0.5) is 17.1 Å². The molecule has 13 rings (SSSR count). The highest BCUT2D eigenvalue weighted by molar-refractivity contribution is 7.26. The number of hydrogen-bond acceptors (Lipinski definition) is 3. The highest BCUT2D eigenvalue weighted by Crippen LogP contribution is 2.48. The van der Waals surface area contributed by atoms with Gasteiger partial charge in [-0.15, -0.1) is 11.3 Å². The van der Waals surface area contributed by atoms with E-state index in [9.17, 15) is 0 Å². The van der Waals surface area contributed by atoms with Gasteiger partial charge in [0.15, 0.2) is 0 Å². The number of rotatable bonds is 4. The molecule has 0 fully saturated rings. The zero-order valence-electron chi connectivity index (χ0n) is 34.1. The van der Waals surface area contributed by atoms with Gasteiger partial charge >= 0.3 is 0 Å². The standard InChI is InChI=1S/C60H37NOS/c1-2-17-38(18-3-1)40-19-10-13-28-52(40)61(53-29-16-31-55-59(53)49-26-11-14-30-54(49)62-55)39-33-34-46-48-35-36-57-60(50-27-12-15-32-56(50)63-57)58(48)47-25-9-8-23-44(47)42-21-5-4-20-41(42)43-22-6-7-24-45(43)51(46)37-39/h1-37H. The van der Waals surface area contributed by atoms with Crippen molar-refractivity contribution < 1.29 is 4.42 Å². The maximum absolute atomic E-state index is 6.56. The van der Waals surface area contributed by atoms with E-state index in [0.717, 1.165) is 50.1 Å². The lowest BCUT2D eigenvalue weighted by Gasteiger charge is -2.29. The van der Waals surface area contributed by atoms with Gasteiger partial charge < -0.3 is 9.32 Å². The number of nitrogens with zero attached hydrogens (tertiary/aromatic N) is 1. The molecule has 2 aromatic heterocycles. The fourth-order valence-corrected chi connectivity index (χ4v) is 11.3. The summed E-state index contributed by atoms with van der Waals surface area (Å²) in [6.45, 7) is 0. The number of furan rings is 1. The van der Waals surface area contributed by atoms with Crippen LogP contribution in [0.25, 0.3) is 107 Å². The normalized spacial score (nSPS) is 11.8. The summed E-state index contributed by atoms with van der Waals surface area (Å²) >= 11 is 1.88. The number of thiophene rings is 1. The van der Waals surface area contributed by atoms with E-state index >= 15 is 0 Å². The monoisotopic (exact) mass is 819 g/mol. The van der Waals surface area contributed by atoms with E-state index in [1.807, 2.05) is 17.4 Å². The Hall–Kier alpha value is -7.98. The molecule has 0 bridgehead atoms. The van der Waals surface area contributed by atoms with Crippen molar-refractivity contribution in [2.24, 2.45) is 0 Å². The molecular weight excluding hydrogens is 783 g/mol. The molecule has 13 aromatic rings. The molecule has 0 N–H and O–H groups in total. The molecule has 294 valence electrons. The first-order valence-electron chi connectivity index (χ1n) is 21.5. The third-order valence-corrected chi connectivity index (χ3v) is 14.0. The summed E-state index contributed by atoms with van der Waals surface area (Å²) in [5, 5.41) is 16.9. The minimum Gasteiger partial charge on any atom is -0.456 e. The van der Waals surface area contributed by atoms with E-state index in [1.165, 1.54) is 74.0 Å². The van der Waals surface area contributed by atoms with E-state index in [2.05, 4.69) is 223 Å². The Morgan fingerprint density at radius 2 is 0.825 bits per heavy atom. The summed E-state index contributed by atoms with van der Waals surface area (Å²) in [4.78, 5) is 2.45. The number of benzene rings is 10. The smallest absolute Gasteiger partial charge is 0.137 e. The Bertz CT molecular complexity index is 4050. The van der Waals surface area contributed by atoms with E-state index in [1.54, 1.807) is 0 Å². The zero-order chi connectivity index (χ0) is 41.4. The van der Waals surface area contributed by atoms with Gasteiger partial charge in [0.2, 0.25) is 0 Å². The van der Waals surface area contributed by atoms with Crippen molar-refractivity contribution in [3.63, 3.8) is 0 Å². The molecule has 0 aliphatic rings. The SMILES string of the molecule is c1ccc(-c2ccccc2N(c2ccc3c(c2)c2ccccc2c2ccccc2c2ccccc2c2c3ccc3sc4ccccc4c32)c2cccc3oc4ccccc4c23)cc1. The first-order valence-corrected chi connectivity index (χ1v) is 22.3. The topological polar surface area (TPSA) is 16.4 Å². The Kier molecular flexibility index (Phi) is 8.12. The zero-order valence-corrected chi connectivity index (χ0v) is 34.9. The number of hydrogen-bond donors (Lipinski definition) is 0. The van der Waals surface area contributed by atoms with Gasteiger partial charge in [0, 0.05) is 36.8 Å². The molecule has 0 radical (unpaired) electrons. The minimum absolute atomic E-state index is 0.858. The van der Waals surface area contributed by atoms with Gasteiger partial charge in [-0.2, -0.15) is 0 Å². The molecule has 0 saturated heterocycles. The van der Waals surface area contributed by atoms with Gasteiger partial charge in [0.1, 0.15) is 11.2 Å². The van der Waals surface area contributed by atoms with E-state index in [0.29, 0.717) is 0 Å². The molecule has 0 aliphatic heterocycles. The number of fused-ring (bicyclic) bond motifs is 17. The van der Waals surface area contributed by atoms with Gasteiger partial charge in [0.05, 0.1) is 16.8 Å². The van der Waals surface area contributed by atoms with Crippen LogP contribution in [0.5, 0.6) is 0 Å². The molecule has 2 heterocycles. The molecule has 0 saturated carbocycles. The minimum atomic E-state index is 0.858. The van der Waals surface area contributed by atoms with Crippen LogP contribution in [-0.4, -0.2) is 0 Å². The molecule has 2 nitrogen and oxygen atoms in total. The predicted molar refractivity (Wildman–Crippen MR) is 272 cm³/mol. The second-order valence-corrected chi connectivity index (χ2v) is 17.4. The van der Waals surface area contributed by atoms with Gasteiger partial charge in [-0.25, -0.2) is 0 Å². The quantitative estimate of drug-likeness (QED) is 0.176. The molecule has 0 aliphatic carbocycles. The Labute approximate surface area is 367 Å². The first-order chi connectivity index (χ1) is 31.3. The maximum Gasteiger partial charge on any atom is 0.137 e. The largest absolute Gasteiger partial charge is 0.456 e. The first kappa shape index (κ1) is 35.7. The van der Waals surface area contributed by atoms with Crippen molar-refractivity contribution in [3.8, 4) is 11.1 Å². The summed E-state index contributed by atoms with van der Waals surface area (Å²) in [7, 11) is 0. The molecule has 0 spiro atoms. The van der Waals surface area contributed by atoms with Gasteiger partial charge in [0.25, 0.3) is 0 Å². The highest BCUT2D eigenvalue weighted by Gasteiger charge is 2.23. The van der Waals surface area contributed by atoms with Crippen LogP contribution in [0.1, 0.15) is 0 Å². The van der Waals surface area contributed by atoms with Gasteiger partial charge in [-0.05, 0) is 108 Å². The average molecular weight is 820 g/mol. The highest BCUT2D eigenvalue weighted by atomic mass is 32.1. The predicted octanol–water partition coefficient (Wildman–Crippen LogP) is 18.0. The number of anilines is 3. The Morgan fingerprint density at radius 3 is 1.59 bits per heavy atom. The van der Waals surface area contributed by atoms with Crippen molar-refractivity contribution in [2.75, 3.05) is 4.90 Å². The molecule has 0 amide bonds. The summed E-state index contributed by atoms with van der Waals surface area (Å²) in [5.41, 5.74) is 7.23. The van der Waals surface area contributed by atoms with Crippen molar-refractivity contribution in [1.29, 1.82) is 0 Å². The van der Waals surface area contributed by atoms with Crippen molar-refractivity contribution in [1.82, 2.24) is 0 Å². The van der Waals surface area contributed by atoms with Gasteiger partial charge in [-0.3, -0.25) is 0 Å². The van der Waals surface area contributed by atoms with Crippen LogP contribution in [0, 0.1) is 0 Å². The fourth-order valence-electron chi connectivity index (χ4n) is 10.2. The molecular formula is C60H37NOS. The Balaban J connectivity index is 1.25. The van der Waals surface area contributed by atoms with Crippen LogP contribution < -0.4 is 4.90 Å². The molecule has 0 unspecified atom stereocenters. The second kappa shape index (κ2) is 14.3. The third-order valence-electron chi connectivity index (χ3n) is 12.9. The summed E-state index contributed by atoms with van der Waals surface area (Å²) in [5.74, 6) is 0. The maximum atomic E-state index is 6.56. The summed E-state index contributed by atoms with van der Waals surface area (Å²) in [6.07, 6.45) is 0. The van der Waals surface area contributed by atoms with Gasteiger partial charge in [-0.1, -0.05) is 176 Å². The van der Waals surface area contributed by atoms with Crippen LogP contribution in [0.3, 0.4) is 0 Å². The van der Waals surface area contributed by atoms with Crippen molar-refractivity contribution in [3.05, 3.63) is 224 Å². The van der Waals surface area contributed by atoms with Crippen LogP contribution in [0.15, 0.2) is 229 Å². The second-order valence-electron chi connectivity index (χ2n) is 16.3. The fraction of sp³-hybridized carbons (Fsp3) is 0. The van der Waals surface area contributed by atoms with Crippen LogP contribution >= 0.6 is 11.3 Å². The van der Waals surface area contributed by atoms with Crippen LogP contribution in [-0.2, 0) is 0 Å². The summed E-state index contributed by atoms with van der Waals surface area (Å²) in [6, 6.07) is 82.1. The van der Waals surface area contributed by atoms with E-state index < -0.39 is 0 Å². The summed E-state index contributed by atoms with van der Waals surface area (Å²) < 4.78 is 9.14. The van der Waals surface area contributed by atoms with Crippen molar-refractivity contribution in [2.45, 2.75) is 0 Å². The van der Waals surface area contributed by atoms with Crippen LogP contribution in [0.2, 0.25) is 0 Å². The van der Waals surface area contributed by atoms with E-state index in [4.69, 9.17) is 4.42 Å². The number of para-hydroxylation sites is 2. The lowest BCUT2D eigenvalue weighted by molar-refractivity contribution is 0.669. The lowest BCUT2D eigenvalue weighted by atomic mass is 9.92. The lowest BCUT2D eigenvalue weighted by Crippen LogP contribution is -2.11. The molecule has 11 aromatic carbocycles. The molecule has 0 atom stereocenters. The molecule has 3 heteroatoms. The van der Waals surface area contributed by atoms with Crippen molar-refractivity contribution >= 4 is 124 Å². The molecule has 63 heavy (non-hydrogen) atoms. The Morgan fingerprint density at radius 1 is 0.302 bits per heavy atom.